The van der Waals surface area contributed by atoms with Gasteiger partial charge in [0.1, 0.15) is 0 Å². The molecule has 0 bridgehead atoms. The van der Waals surface area contributed by atoms with E-state index in [-0.39, 0.29) is 11.9 Å². The van der Waals surface area contributed by atoms with Crippen LogP contribution in [0.4, 0.5) is 5.69 Å². The second kappa shape index (κ2) is 6.10. The van der Waals surface area contributed by atoms with E-state index in [9.17, 15) is 4.79 Å². The fourth-order valence-electron chi connectivity index (χ4n) is 1.50. The van der Waals surface area contributed by atoms with Crippen LogP contribution in [0.2, 0.25) is 0 Å². The molecule has 0 saturated heterocycles. The van der Waals surface area contributed by atoms with Crippen LogP contribution in [0, 0.1) is 0 Å². The molecule has 3 N–H and O–H groups in total. The van der Waals surface area contributed by atoms with E-state index in [1.165, 1.54) is 6.20 Å². The molecule has 1 amide bonds. The molecule has 1 unspecified atom stereocenters. The average molecular weight is 221 g/mol. The van der Waals surface area contributed by atoms with E-state index in [2.05, 4.69) is 17.2 Å². The molecule has 0 aliphatic rings. The van der Waals surface area contributed by atoms with Crippen molar-refractivity contribution in [3.63, 3.8) is 0 Å². The SMILES string of the molecule is CCCCC(C)NC(=O)c1ccncc1N. The highest BCUT2D eigenvalue weighted by Crippen LogP contribution is 2.09. The van der Waals surface area contributed by atoms with Gasteiger partial charge in [0.05, 0.1) is 17.4 Å². The summed E-state index contributed by atoms with van der Waals surface area (Å²) in [7, 11) is 0. The standard InChI is InChI=1S/C12H19N3O/c1-3-4-5-9(2)15-12(16)10-6-7-14-8-11(10)13/h6-9H,3-5,13H2,1-2H3,(H,15,16). The first-order valence-corrected chi connectivity index (χ1v) is 5.65. The number of anilines is 1. The van der Waals surface area contributed by atoms with E-state index in [1.54, 1.807) is 12.3 Å². The predicted octanol–water partition coefficient (Wildman–Crippen LogP) is 1.97. The van der Waals surface area contributed by atoms with E-state index in [0.717, 1.165) is 19.3 Å². The Balaban J connectivity index is 2.56. The van der Waals surface area contributed by atoms with Gasteiger partial charge in [-0.1, -0.05) is 19.8 Å². The number of carbonyl (C=O) groups is 1. The second-order valence-corrected chi connectivity index (χ2v) is 3.98. The Morgan fingerprint density at radius 1 is 1.62 bits per heavy atom. The number of nitrogens with zero attached hydrogens (tertiary/aromatic N) is 1. The van der Waals surface area contributed by atoms with Crippen molar-refractivity contribution >= 4 is 11.6 Å². The predicted molar refractivity (Wildman–Crippen MR) is 65.1 cm³/mol. The maximum atomic E-state index is 11.8. The van der Waals surface area contributed by atoms with Gasteiger partial charge >= 0.3 is 0 Å². The van der Waals surface area contributed by atoms with E-state index in [0.29, 0.717) is 11.3 Å². The molecular weight excluding hydrogens is 202 g/mol. The van der Waals surface area contributed by atoms with Crippen LogP contribution in [-0.4, -0.2) is 16.9 Å². The summed E-state index contributed by atoms with van der Waals surface area (Å²) >= 11 is 0. The largest absolute Gasteiger partial charge is 0.397 e. The second-order valence-electron chi connectivity index (χ2n) is 3.98. The third kappa shape index (κ3) is 3.53. The Kier molecular flexibility index (Phi) is 4.76. The summed E-state index contributed by atoms with van der Waals surface area (Å²) in [5.41, 5.74) is 6.59. The lowest BCUT2D eigenvalue weighted by Crippen LogP contribution is -2.32. The van der Waals surface area contributed by atoms with Crippen molar-refractivity contribution in [3.05, 3.63) is 24.0 Å². The van der Waals surface area contributed by atoms with Crippen molar-refractivity contribution in [1.82, 2.24) is 10.3 Å². The third-order valence-corrected chi connectivity index (χ3v) is 2.46. The van der Waals surface area contributed by atoms with Gasteiger partial charge in [-0.2, -0.15) is 0 Å². The maximum Gasteiger partial charge on any atom is 0.253 e. The fourth-order valence-corrected chi connectivity index (χ4v) is 1.50. The summed E-state index contributed by atoms with van der Waals surface area (Å²) in [5.74, 6) is -0.122. The zero-order chi connectivity index (χ0) is 12.0. The molecule has 4 nitrogen and oxygen atoms in total. The molecule has 4 heteroatoms. The lowest BCUT2D eigenvalue weighted by atomic mass is 10.1. The lowest BCUT2D eigenvalue weighted by Gasteiger charge is -2.13. The number of pyridine rings is 1. The Hall–Kier alpha value is -1.58. The maximum absolute atomic E-state index is 11.8. The van der Waals surface area contributed by atoms with Crippen LogP contribution in [-0.2, 0) is 0 Å². The first-order valence-electron chi connectivity index (χ1n) is 5.65. The zero-order valence-corrected chi connectivity index (χ0v) is 9.86. The van der Waals surface area contributed by atoms with Gasteiger partial charge in [0, 0.05) is 12.2 Å². The van der Waals surface area contributed by atoms with Crippen molar-refractivity contribution in [1.29, 1.82) is 0 Å². The average Bonchev–Trinajstić information content (AvgIpc) is 2.26. The third-order valence-electron chi connectivity index (χ3n) is 2.46. The van der Waals surface area contributed by atoms with Crippen LogP contribution in [0.1, 0.15) is 43.5 Å². The molecule has 1 atom stereocenters. The van der Waals surface area contributed by atoms with E-state index < -0.39 is 0 Å². The van der Waals surface area contributed by atoms with Gasteiger partial charge in [0.15, 0.2) is 0 Å². The van der Waals surface area contributed by atoms with Crippen molar-refractivity contribution < 1.29 is 4.79 Å². The van der Waals surface area contributed by atoms with Crippen molar-refractivity contribution in [2.24, 2.45) is 0 Å². The number of carbonyl (C=O) groups excluding carboxylic acids is 1. The molecule has 0 aromatic carbocycles. The molecule has 1 heterocycles. The molecule has 0 fully saturated rings. The highest BCUT2D eigenvalue weighted by Gasteiger charge is 2.11. The molecule has 0 spiro atoms. The summed E-state index contributed by atoms with van der Waals surface area (Å²) < 4.78 is 0. The minimum atomic E-state index is -0.122. The van der Waals surface area contributed by atoms with Gasteiger partial charge in [-0.3, -0.25) is 9.78 Å². The zero-order valence-electron chi connectivity index (χ0n) is 9.86. The molecule has 0 radical (unpaired) electrons. The van der Waals surface area contributed by atoms with Crippen LogP contribution in [0.5, 0.6) is 0 Å². The van der Waals surface area contributed by atoms with E-state index in [4.69, 9.17) is 5.73 Å². The quantitative estimate of drug-likeness (QED) is 0.798. The highest BCUT2D eigenvalue weighted by atomic mass is 16.1. The van der Waals surface area contributed by atoms with Crippen LogP contribution >= 0.6 is 0 Å². The lowest BCUT2D eigenvalue weighted by molar-refractivity contribution is 0.0939. The number of nitrogens with two attached hydrogens (primary N) is 1. The van der Waals surface area contributed by atoms with Crippen molar-refractivity contribution in [2.45, 2.75) is 39.2 Å². The minimum absolute atomic E-state index is 0.122. The van der Waals surface area contributed by atoms with Crippen molar-refractivity contribution in [2.75, 3.05) is 5.73 Å². The monoisotopic (exact) mass is 221 g/mol. The van der Waals surface area contributed by atoms with Gasteiger partial charge in [0.25, 0.3) is 5.91 Å². The molecule has 1 aromatic heterocycles. The Morgan fingerprint density at radius 3 is 3.00 bits per heavy atom. The summed E-state index contributed by atoms with van der Waals surface area (Å²) in [6.45, 7) is 4.14. The van der Waals surface area contributed by atoms with Crippen LogP contribution in [0.25, 0.3) is 0 Å². The minimum Gasteiger partial charge on any atom is -0.397 e. The van der Waals surface area contributed by atoms with Crippen LogP contribution < -0.4 is 11.1 Å². The van der Waals surface area contributed by atoms with Crippen LogP contribution in [0.3, 0.4) is 0 Å². The number of rotatable bonds is 5. The molecular formula is C12H19N3O. The fraction of sp³-hybridized carbons (Fsp3) is 0.500. The number of nitrogen functional groups attached to an aromatic ring is 1. The van der Waals surface area contributed by atoms with Gasteiger partial charge in [-0.25, -0.2) is 0 Å². The summed E-state index contributed by atoms with van der Waals surface area (Å²) in [6.07, 6.45) is 6.31. The van der Waals surface area contributed by atoms with Crippen molar-refractivity contribution in [3.8, 4) is 0 Å². The van der Waals surface area contributed by atoms with Gasteiger partial charge in [-0.15, -0.1) is 0 Å². The number of amides is 1. The van der Waals surface area contributed by atoms with Gasteiger partial charge < -0.3 is 11.1 Å². The number of aromatic nitrogens is 1. The smallest absolute Gasteiger partial charge is 0.253 e. The molecule has 16 heavy (non-hydrogen) atoms. The molecule has 0 aliphatic heterocycles. The molecule has 88 valence electrons. The Morgan fingerprint density at radius 2 is 2.38 bits per heavy atom. The highest BCUT2D eigenvalue weighted by molar-refractivity contribution is 5.98. The topological polar surface area (TPSA) is 68.0 Å². The molecule has 0 aliphatic carbocycles. The number of nitrogens with one attached hydrogen (secondary N) is 1. The summed E-state index contributed by atoms with van der Waals surface area (Å²) in [4.78, 5) is 15.7. The van der Waals surface area contributed by atoms with Crippen LogP contribution in [0.15, 0.2) is 18.5 Å². The first-order chi connectivity index (χ1) is 7.65. The number of hydrogen-bond donors (Lipinski definition) is 2. The normalized spacial score (nSPS) is 12.1. The summed E-state index contributed by atoms with van der Waals surface area (Å²) in [5, 5.41) is 2.93. The number of unbranched alkanes of at least 4 members (excludes halogenated alkanes) is 1. The Bertz CT molecular complexity index is 352. The molecule has 1 aromatic rings. The van der Waals surface area contributed by atoms with Gasteiger partial charge in [0.2, 0.25) is 0 Å². The number of hydrogen-bond acceptors (Lipinski definition) is 3. The first kappa shape index (κ1) is 12.5. The summed E-state index contributed by atoms with van der Waals surface area (Å²) in [6, 6.07) is 1.82. The van der Waals surface area contributed by atoms with E-state index >= 15 is 0 Å². The van der Waals surface area contributed by atoms with Gasteiger partial charge in [-0.05, 0) is 19.4 Å². The Labute approximate surface area is 96.3 Å². The molecule has 1 rings (SSSR count). The van der Waals surface area contributed by atoms with E-state index in [1.807, 2.05) is 6.92 Å². The molecule has 0 saturated carbocycles.